The molecule has 1 unspecified atom stereocenters. The quantitative estimate of drug-likeness (QED) is 0.448. The van der Waals surface area contributed by atoms with Gasteiger partial charge in [0.05, 0.1) is 24.0 Å². The van der Waals surface area contributed by atoms with E-state index in [1.807, 2.05) is 13.8 Å². The Hall–Kier alpha value is -2.49. The minimum Gasteiger partial charge on any atom is -0.375 e. The molecule has 0 aromatic heterocycles. The molecule has 0 spiro atoms. The first-order valence-corrected chi connectivity index (χ1v) is 10.7. The Kier molecular flexibility index (Phi) is 8.16. The van der Waals surface area contributed by atoms with Crippen molar-refractivity contribution < 1.29 is 38.4 Å². The molecule has 10 nitrogen and oxygen atoms in total. The molecule has 2 saturated heterocycles. The Morgan fingerprint density at radius 2 is 1.58 bits per heavy atom. The number of amides is 3. The van der Waals surface area contributed by atoms with Gasteiger partial charge in [-0.1, -0.05) is 6.92 Å². The van der Waals surface area contributed by atoms with E-state index in [0.717, 1.165) is 5.06 Å². The minimum atomic E-state index is -0.854. The van der Waals surface area contributed by atoms with Gasteiger partial charge in [-0.25, -0.2) is 9.59 Å². The zero-order valence-corrected chi connectivity index (χ0v) is 18.7. The summed E-state index contributed by atoms with van der Waals surface area (Å²) in [6, 6.07) is 0. The molecule has 2 aliphatic rings. The molecule has 0 aromatic carbocycles. The van der Waals surface area contributed by atoms with Gasteiger partial charge in [0.1, 0.15) is 0 Å². The highest BCUT2D eigenvalue weighted by molar-refractivity contribution is 6.01. The minimum absolute atomic E-state index is 0.0239. The number of carbonyl (C=O) groups excluding carboxylic acids is 5. The van der Waals surface area contributed by atoms with E-state index in [0.29, 0.717) is 43.7 Å². The van der Waals surface area contributed by atoms with E-state index in [9.17, 15) is 24.0 Å². The number of imide groups is 1. The first-order chi connectivity index (χ1) is 14.5. The molecular weight excluding hydrogens is 408 g/mol. The maximum absolute atomic E-state index is 12.4. The average Bonchev–Trinajstić information content (AvgIpc) is 3.26. The number of ether oxygens (including phenoxy) is 1. The third-order valence-electron chi connectivity index (χ3n) is 5.76. The summed E-state index contributed by atoms with van der Waals surface area (Å²) in [6.45, 7) is 7.88. The number of hydrogen-bond donors (Lipinski definition) is 0. The first-order valence-electron chi connectivity index (χ1n) is 10.7. The largest absolute Gasteiger partial charge is 0.375 e. The van der Waals surface area contributed by atoms with Crippen LogP contribution >= 0.6 is 0 Å². The van der Waals surface area contributed by atoms with Crippen molar-refractivity contribution in [2.45, 2.75) is 84.7 Å². The number of hydroxylamine groups is 4. The summed E-state index contributed by atoms with van der Waals surface area (Å²) in [7, 11) is 0. The van der Waals surface area contributed by atoms with Crippen LogP contribution in [-0.2, 0) is 38.4 Å². The fraction of sp³-hybridized carbons (Fsp3) is 0.762. The van der Waals surface area contributed by atoms with Crippen LogP contribution in [0.3, 0.4) is 0 Å². The van der Waals surface area contributed by atoms with E-state index in [1.54, 1.807) is 13.8 Å². The standard InChI is InChI=1S/C21H32N2O8/c1-5-21(4,11-10-18(27)30-23-16(25)8-9-17(23)26)29-14-12-20(2,3)19(28)31-22-13-6-7-15(22)24/h5-14H2,1-4H3. The van der Waals surface area contributed by atoms with E-state index in [4.69, 9.17) is 14.4 Å². The van der Waals surface area contributed by atoms with Crippen molar-refractivity contribution in [2.75, 3.05) is 13.2 Å². The SMILES string of the molecule is CCC(C)(CCC(=O)ON1C(=O)CCC1=O)OCCC(C)(C)C(=O)ON1CCCC1=O. The lowest BCUT2D eigenvalue weighted by molar-refractivity contribution is -0.202. The summed E-state index contributed by atoms with van der Waals surface area (Å²) in [5.41, 5.74) is -1.50. The van der Waals surface area contributed by atoms with Gasteiger partial charge in [-0.05, 0) is 46.5 Å². The molecule has 2 heterocycles. The normalized spacial score (nSPS) is 19.0. The number of carbonyl (C=O) groups is 5. The van der Waals surface area contributed by atoms with Crippen LogP contribution in [0.2, 0.25) is 0 Å². The highest BCUT2D eigenvalue weighted by Crippen LogP contribution is 2.28. The third-order valence-corrected chi connectivity index (χ3v) is 5.76. The molecule has 174 valence electrons. The summed E-state index contributed by atoms with van der Waals surface area (Å²) in [6.07, 6.45) is 2.43. The maximum atomic E-state index is 12.4. The lowest BCUT2D eigenvalue weighted by atomic mass is 9.89. The number of hydrogen-bond acceptors (Lipinski definition) is 8. The zero-order valence-electron chi connectivity index (χ0n) is 18.7. The molecule has 0 saturated carbocycles. The van der Waals surface area contributed by atoms with Crippen molar-refractivity contribution >= 4 is 29.7 Å². The summed E-state index contributed by atoms with van der Waals surface area (Å²) >= 11 is 0. The second-order valence-corrected chi connectivity index (χ2v) is 8.81. The molecule has 10 heteroatoms. The molecule has 1 atom stereocenters. The highest BCUT2D eigenvalue weighted by Gasteiger charge is 2.36. The predicted octanol–water partition coefficient (Wildman–Crippen LogP) is 2.06. The summed E-state index contributed by atoms with van der Waals surface area (Å²) in [5.74, 6) is -2.39. The molecule has 0 bridgehead atoms. The van der Waals surface area contributed by atoms with Crippen LogP contribution in [0.5, 0.6) is 0 Å². The Balaban J connectivity index is 1.77. The number of rotatable bonds is 11. The van der Waals surface area contributed by atoms with E-state index >= 15 is 0 Å². The molecule has 0 aromatic rings. The van der Waals surface area contributed by atoms with Crippen molar-refractivity contribution in [1.82, 2.24) is 10.1 Å². The lowest BCUT2D eigenvalue weighted by Crippen LogP contribution is -2.37. The highest BCUT2D eigenvalue weighted by atomic mass is 16.7. The van der Waals surface area contributed by atoms with Crippen LogP contribution in [0.1, 0.15) is 79.1 Å². The van der Waals surface area contributed by atoms with Gasteiger partial charge in [0.25, 0.3) is 17.7 Å². The second kappa shape index (κ2) is 10.2. The topological polar surface area (TPSA) is 120 Å². The van der Waals surface area contributed by atoms with E-state index < -0.39 is 34.8 Å². The van der Waals surface area contributed by atoms with E-state index in [2.05, 4.69) is 0 Å². The smallest absolute Gasteiger partial charge is 0.338 e. The van der Waals surface area contributed by atoms with Crippen LogP contribution in [0, 0.1) is 5.41 Å². The zero-order chi connectivity index (χ0) is 23.2. The average molecular weight is 440 g/mol. The van der Waals surface area contributed by atoms with Crippen LogP contribution in [0.4, 0.5) is 0 Å². The summed E-state index contributed by atoms with van der Waals surface area (Å²) < 4.78 is 5.97. The van der Waals surface area contributed by atoms with E-state index in [-0.39, 0.29) is 31.8 Å². The predicted molar refractivity (Wildman–Crippen MR) is 106 cm³/mol. The molecule has 3 amide bonds. The maximum Gasteiger partial charge on any atom is 0.338 e. The van der Waals surface area contributed by atoms with Gasteiger partial charge in [0.15, 0.2) is 0 Å². The summed E-state index contributed by atoms with van der Waals surface area (Å²) in [5, 5.41) is 1.65. The molecule has 0 N–H and O–H groups in total. The number of nitrogens with zero attached hydrogens (tertiary/aromatic N) is 2. The monoisotopic (exact) mass is 440 g/mol. The molecule has 31 heavy (non-hydrogen) atoms. The van der Waals surface area contributed by atoms with Crippen LogP contribution in [0.15, 0.2) is 0 Å². The van der Waals surface area contributed by atoms with Gasteiger partial charge in [-0.2, -0.15) is 5.06 Å². The van der Waals surface area contributed by atoms with Crippen molar-refractivity contribution in [3.8, 4) is 0 Å². The van der Waals surface area contributed by atoms with Crippen molar-refractivity contribution in [1.29, 1.82) is 0 Å². The van der Waals surface area contributed by atoms with Crippen molar-refractivity contribution in [2.24, 2.45) is 5.41 Å². The Morgan fingerprint density at radius 3 is 2.13 bits per heavy atom. The van der Waals surface area contributed by atoms with Gasteiger partial charge < -0.3 is 14.4 Å². The fourth-order valence-corrected chi connectivity index (χ4v) is 3.12. The lowest BCUT2D eigenvalue weighted by Gasteiger charge is -2.31. The second-order valence-electron chi connectivity index (χ2n) is 8.81. The Morgan fingerprint density at radius 1 is 0.935 bits per heavy atom. The molecule has 2 rings (SSSR count). The van der Waals surface area contributed by atoms with Gasteiger partial charge in [0.2, 0.25) is 0 Å². The molecular formula is C21H32N2O8. The molecule has 2 fully saturated rings. The Labute approximate surface area is 182 Å². The molecule has 2 aliphatic heterocycles. The van der Waals surface area contributed by atoms with Crippen molar-refractivity contribution in [3.63, 3.8) is 0 Å². The van der Waals surface area contributed by atoms with Crippen molar-refractivity contribution in [3.05, 3.63) is 0 Å². The first kappa shape index (κ1) is 24.8. The van der Waals surface area contributed by atoms with Crippen LogP contribution in [0.25, 0.3) is 0 Å². The molecule has 0 radical (unpaired) electrons. The Bertz CT molecular complexity index is 719. The van der Waals surface area contributed by atoms with Crippen LogP contribution < -0.4 is 0 Å². The molecule has 0 aliphatic carbocycles. The van der Waals surface area contributed by atoms with Gasteiger partial charge >= 0.3 is 11.9 Å². The van der Waals surface area contributed by atoms with Gasteiger partial charge in [0, 0.05) is 25.9 Å². The van der Waals surface area contributed by atoms with Gasteiger partial charge in [-0.3, -0.25) is 14.4 Å². The fourth-order valence-electron chi connectivity index (χ4n) is 3.12. The third kappa shape index (κ3) is 6.75. The van der Waals surface area contributed by atoms with Crippen LogP contribution in [-0.4, -0.2) is 58.5 Å². The van der Waals surface area contributed by atoms with Gasteiger partial charge in [-0.15, -0.1) is 5.06 Å². The summed E-state index contributed by atoms with van der Waals surface area (Å²) in [4.78, 5) is 69.3. The van der Waals surface area contributed by atoms with E-state index in [1.165, 1.54) is 0 Å².